The lowest BCUT2D eigenvalue weighted by molar-refractivity contribution is -0.125. The quantitative estimate of drug-likeness (QED) is 0.439. The SMILES string of the molecule is CC(=O)CC(=O)CN=Nc1ccc(C(C)=O)cc1. The van der Waals surface area contributed by atoms with Crippen molar-refractivity contribution in [3.8, 4) is 0 Å². The lowest BCUT2D eigenvalue weighted by Gasteiger charge is -1.96. The van der Waals surface area contributed by atoms with Gasteiger partial charge in [-0.15, -0.1) is 0 Å². The predicted molar refractivity (Wildman–Crippen MR) is 66.1 cm³/mol. The maximum atomic E-state index is 11.2. The Labute approximate surface area is 105 Å². The summed E-state index contributed by atoms with van der Waals surface area (Å²) in [4.78, 5) is 32.9. The minimum Gasteiger partial charge on any atom is -0.300 e. The van der Waals surface area contributed by atoms with E-state index in [1.807, 2.05) is 0 Å². The van der Waals surface area contributed by atoms with E-state index < -0.39 is 0 Å². The van der Waals surface area contributed by atoms with Crippen molar-refractivity contribution in [2.75, 3.05) is 6.54 Å². The van der Waals surface area contributed by atoms with E-state index in [2.05, 4.69) is 10.2 Å². The molecule has 0 amide bonds. The smallest absolute Gasteiger partial charge is 0.163 e. The van der Waals surface area contributed by atoms with Crippen molar-refractivity contribution in [2.45, 2.75) is 20.3 Å². The fraction of sp³-hybridized carbons (Fsp3) is 0.308. The van der Waals surface area contributed by atoms with Crippen molar-refractivity contribution in [1.82, 2.24) is 0 Å². The molecule has 1 aromatic carbocycles. The van der Waals surface area contributed by atoms with E-state index in [1.165, 1.54) is 13.8 Å². The molecule has 0 heterocycles. The molecule has 0 saturated carbocycles. The van der Waals surface area contributed by atoms with Crippen molar-refractivity contribution in [3.05, 3.63) is 29.8 Å². The van der Waals surface area contributed by atoms with E-state index in [4.69, 9.17) is 0 Å². The highest BCUT2D eigenvalue weighted by Gasteiger charge is 2.03. The number of carbonyl (C=O) groups excluding carboxylic acids is 3. The van der Waals surface area contributed by atoms with E-state index in [1.54, 1.807) is 24.3 Å². The van der Waals surface area contributed by atoms with Crippen LogP contribution < -0.4 is 0 Å². The van der Waals surface area contributed by atoms with Crippen LogP contribution in [0.2, 0.25) is 0 Å². The highest BCUT2D eigenvalue weighted by atomic mass is 16.1. The van der Waals surface area contributed by atoms with E-state index in [9.17, 15) is 14.4 Å². The number of azo groups is 1. The molecule has 0 bridgehead atoms. The molecule has 0 aliphatic carbocycles. The summed E-state index contributed by atoms with van der Waals surface area (Å²) in [6.45, 7) is 2.74. The second-order valence-corrected chi connectivity index (χ2v) is 3.92. The monoisotopic (exact) mass is 246 g/mol. The van der Waals surface area contributed by atoms with E-state index in [0.29, 0.717) is 11.3 Å². The fourth-order valence-electron chi connectivity index (χ4n) is 1.29. The zero-order valence-corrected chi connectivity index (χ0v) is 10.3. The standard InChI is InChI=1S/C13H14N2O3/c1-9(16)7-13(18)8-14-15-12-5-3-11(4-6-12)10(2)17/h3-6H,7-8H2,1-2H3. The molecule has 1 rings (SSSR count). The topological polar surface area (TPSA) is 75.9 Å². The van der Waals surface area contributed by atoms with Gasteiger partial charge in [0.25, 0.3) is 0 Å². The highest BCUT2D eigenvalue weighted by molar-refractivity contribution is 5.98. The number of ketones is 3. The van der Waals surface area contributed by atoms with Crippen LogP contribution in [-0.4, -0.2) is 23.9 Å². The number of rotatable bonds is 6. The second-order valence-electron chi connectivity index (χ2n) is 3.92. The zero-order valence-electron chi connectivity index (χ0n) is 10.3. The molecule has 0 atom stereocenters. The van der Waals surface area contributed by atoms with Crippen LogP contribution in [0.3, 0.4) is 0 Å². The van der Waals surface area contributed by atoms with Crippen LogP contribution in [0.25, 0.3) is 0 Å². The number of hydrogen-bond donors (Lipinski definition) is 0. The van der Waals surface area contributed by atoms with Crippen LogP contribution in [0.4, 0.5) is 5.69 Å². The average Bonchev–Trinajstić information content (AvgIpc) is 2.28. The Hall–Kier alpha value is -2.17. The third kappa shape index (κ3) is 4.78. The van der Waals surface area contributed by atoms with Gasteiger partial charge in [-0.25, -0.2) is 0 Å². The van der Waals surface area contributed by atoms with Crippen molar-refractivity contribution in [3.63, 3.8) is 0 Å². The largest absolute Gasteiger partial charge is 0.300 e. The lowest BCUT2D eigenvalue weighted by Crippen LogP contribution is -2.06. The minimum atomic E-state index is -0.258. The maximum Gasteiger partial charge on any atom is 0.163 e. The highest BCUT2D eigenvalue weighted by Crippen LogP contribution is 2.13. The Bertz CT molecular complexity index is 489. The van der Waals surface area contributed by atoms with Crippen molar-refractivity contribution >= 4 is 23.0 Å². The molecule has 0 aliphatic heterocycles. The van der Waals surface area contributed by atoms with Gasteiger partial charge in [0.15, 0.2) is 11.6 Å². The Morgan fingerprint density at radius 1 is 1.06 bits per heavy atom. The van der Waals surface area contributed by atoms with Crippen LogP contribution in [0.15, 0.2) is 34.5 Å². The van der Waals surface area contributed by atoms with Crippen LogP contribution >= 0.6 is 0 Å². The van der Waals surface area contributed by atoms with Crippen LogP contribution in [-0.2, 0) is 9.59 Å². The average molecular weight is 246 g/mol. The van der Waals surface area contributed by atoms with Crippen molar-refractivity contribution in [2.24, 2.45) is 10.2 Å². The first-order valence-corrected chi connectivity index (χ1v) is 5.48. The Morgan fingerprint density at radius 3 is 2.17 bits per heavy atom. The summed E-state index contributed by atoms with van der Waals surface area (Å²) in [7, 11) is 0. The lowest BCUT2D eigenvalue weighted by atomic mass is 10.1. The van der Waals surface area contributed by atoms with E-state index >= 15 is 0 Å². The number of Topliss-reactive ketones (excluding diaryl/α,β-unsaturated/α-hetero) is 3. The first-order chi connectivity index (χ1) is 8.49. The molecule has 18 heavy (non-hydrogen) atoms. The summed E-state index contributed by atoms with van der Waals surface area (Å²) < 4.78 is 0. The number of hydrogen-bond acceptors (Lipinski definition) is 5. The van der Waals surface area contributed by atoms with E-state index in [0.717, 1.165) is 0 Å². The minimum absolute atomic E-state index is 0.0184. The fourth-order valence-corrected chi connectivity index (χ4v) is 1.29. The Kier molecular flexibility index (Phi) is 5.05. The molecule has 0 aliphatic rings. The Balaban J connectivity index is 2.54. The number of carbonyl (C=O) groups is 3. The third-order valence-electron chi connectivity index (χ3n) is 2.15. The van der Waals surface area contributed by atoms with Gasteiger partial charge in [-0.05, 0) is 38.1 Å². The maximum absolute atomic E-state index is 11.2. The molecule has 94 valence electrons. The van der Waals surface area contributed by atoms with Gasteiger partial charge >= 0.3 is 0 Å². The number of benzene rings is 1. The van der Waals surface area contributed by atoms with Gasteiger partial charge in [-0.1, -0.05) is 0 Å². The van der Waals surface area contributed by atoms with Gasteiger partial charge < -0.3 is 0 Å². The predicted octanol–water partition coefficient (Wildman–Crippen LogP) is 2.52. The van der Waals surface area contributed by atoms with Crippen LogP contribution in [0, 0.1) is 0 Å². The zero-order chi connectivity index (χ0) is 13.5. The van der Waals surface area contributed by atoms with Crippen molar-refractivity contribution < 1.29 is 14.4 Å². The molecule has 1 aromatic rings. The van der Waals surface area contributed by atoms with Gasteiger partial charge in [0.05, 0.1) is 12.1 Å². The molecule has 0 saturated heterocycles. The van der Waals surface area contributed by atoms with Crippen molar-refractivity contribution in [1.29, 1.82) is 0 Å². The summed E-state index contributed by atoms with van der Waals surface area (Å²) in [5, 5.41) is 7.54. The second kappa shape index (κ2) is 6.54. The van der Waals surface area contributed by atoms with Crippen LogP contribution in [0.1, 0.15) is 30.6 Å². The third-order valence-corrected chi connectivity index (χ3v) is 2.15. The first-order valence-electron chi connectivity index (χ1n) is 5.48. The van der Waals surface area contributed by atoms with Gasteiger partial charge in [-0.3, -0.25) is 14.4 Å². The molecule has 5 nitrogen and oxygen atoms in total. The molecule has 0 aromatic heterocycles. The molecule has 0 N–H and O–H groups in total. The molecule has 0 radical (unpaired) electrons. The van der Waals surface area contributed by atoms with Crippen LogP contribution in [0.5, 0.6) is 0 Å². The summed E-state index contributed by atoms with van der Waals surface area (Å²) >= 11 is 0. The summed E-state index contributed by atoms with van der Waals surface area (Å²) in [6.07, 6.45) is -0.109. The summed E-state index contributed by atoms with van der Waals surface area (Å²) in [5.41, 5.74) is 1.16. The van der Waals surface area contributed by atoms with Gasteiger partial charge in [0, 0.05) is 5.56 Å². The summed E-state index contributed by atoms with van der Waals surface area (Å²) in [6, 6.07) is 6.59. The van der Waals surface area contributed by atoms with Gasteiger partial charge in [-0.2, -0.15) is 10.2 Å². The molecular weight excluding hydrogens is 232 g/mol. The normalized spacial score (nSPS) is 10.6. The Morgan fingerprint density at radius 2 is 1.67 bits per heavy atom. The number of nitrogens with zero attached hydrogens (tertiary/aromatic N) is 2. The van der Waals surface area contributed by atoms with Gasteiger partial charge in [0.1, 0.15) is 12.3 Å². The summed E-state index contributed by atoms with van der Waals surface area (Å²) in [5.74, 6) is -0.456. The molecule has 5 heteroatoms. The first kappa shape index (κ1) is 13.9. The van der Waals surface area contributed by atoms with Gasteiger partial charge in [0.2, 0.25) is 0 Å². The molecule has 0 spiro atoms. The molecule has 0 fully saturated rings. The van der Waals surface area contributed by atoms with E-state index in [-0.39, 0.29) is 30.3 Å². The molecular formula is C13H14N2O3. The molecule has 0 unspecified atom stereocenters.